The van der Waals surface area contributed by atoms with E-state index in [0.717, 1.165) is 11.0 Å². The van der Waals surface area contributed by atoms with E-state index in [2.05, 4.69) is 0 Å². The quantitative estimate of drug-likeness (QED) is 0.766. The Bertz CT molecular complexity index is 387. The predicted molar refractivity (Wildman–Crippen MR) is 55.1 cm³/mol. The van der Waals surface area contributed by atoms with Crippen LogP contribution in [0, 0.1) is 0 Å². The van der Waals surface area contributed by atoms with Crippen molar-refractivity contribution in [2.75, 3.05) is 11.9 Å². The third-order valence-electron chi connectivity index (χ3n) is 2.25. The van der Waals surface area contributed by atoms with Gasteiger partial charge in [0.2, 0.25) is 5.91 Å². The number of para-hydroxylation sites is 1. The summed E-state index contributed by atoms with van der Waals surface area (Å²) in [5.74, 6) is -0.350. The lowest BCUT2D eigenvalue weighted by atomic mass is 10.1. The lowest BCUT2D eigenvalue weighted by Crippen LogP contribution is -2.27. The van der Waals surface area contributed by atoms with Crippen LogP contribution in [0.3, 0.4) is 0 Å². The number of carbonyl (C=O) groups is 1. The van der Waals surface area contributed by atoms with E-state index in [4.69, 9.17) is 0 Å². The molecule has 0 aliphatic carbocycles. The molecule has 16 heavy (non-hydrogen) atoms. The van der Waals surface area contributed by atoms with Gasteiger partial charge in [-0.1, -0.05) is 19.1 Å². The fourth-order valence-corrected chi connectivity index (χ4v) is 1.38. The second kappa shape index (κ2) is 4.55. The molecule has 0 radical (unpaired) electrons. The van der Waals surface area contributed by atoms with Crippen LogP contribution in [0.15, 0.2) is 24.3 Å². The Labute approximate surface area is 91.7 Å². The number of amides is 1. The van der Waals surface area contributed by atoms with Gasteiger partial charge in [0.05, 0.1) is 11.3 Å². The normalized spacial score (nSPS) is 11.3. The van der Waals surface area contributed by atoms with Crippen LogP contribution in [0.1, 0.15) is 18.9 Å². The van der Waals surface area contributed by atoms with Crippen LogP contribution in [0.25, 0.3) is 0 Å². The number of rotatable bonds is 2. The van der Waals surface area contributed by atoms with Gasteiger partial charge in [-0.25, -0.2) is 0 Å². The molecule has 0 spiro atoms. The zero-order chi connectivity index (χ0) is 12.3. The second-order valence-corrected chi connectivity index (χ2v) is 3.32. The monoisotopic (exact) mass is 231 g/mol. The van der Waals surface area contributed by atoms with Crippen molar-refractivity contribution < 1.29 is 18.0 Å². The van der Waals surface area contributed by atoms with Crippen molar-refractivity contribution in [3.8, 4) is 0 Å². The number of alkyl halides is 3. The van der Waals surface area contributed by atoms with Crippen molar-refractivity contribution in [1.29, 1.82) is 0 Å². The summed E-state index contributed by atoms with van der Waals surface area (Å²) >= 11 is 0. The van der Waals surface area contributed by atoms with E-state index in [1.54, 1.807) is 6.92 Å². The minimum absolute atomic E-state index is 0.109. The van der Waals surface area contributed by atoms with Gasteiger partial charge >= 0.3 is 6.18 Å². The van der Waals surface area contributed by atoms with E-state index in [0.29, 0.717) is 0 Å². The van der Waals surface area contributed by atoms with Crippen LogP contribution in [0.2, 0.25) is 0 Å². The van der Waals surface area contributed by atoms with Crippen molar-refractivity contribution in [3.63, 3.8) is 0 Å². The summed E-state index contributed by atoms with van der Waals surface area (Å²) in [5, 5.41) is 0. The van der Waals surface area contributed by atoms with Crippen molar-refractivity contribution in [1.82, 2.24) is 0 Å². The first-order valence-electron chi connectivity index (χ1n) is 4.80. The Hall–Kier alpha value is -1.52. The average Bonchev–Trinajstić information content (AvgIpc) is 2.26. The number of anilines is 1. The molecule has 5 heteroatoms. The van der Waals surface area contributed by atoms with E-state index in [-0.39, 0.29) is 18.0 Å². The lowest BCUT2D eigenvalue weighted by molar-refractivity contribution is -0.137. The number of benzene rings is 1. The maximum atomic E-state index is 12.6. The van der Waals surface area contributed by atoms with Crippen molar-refractivity contribution >= 4 is 11.6 Å². The number of halogens is 3. The molecular formula is C11H12F3NO. The summed E-state index contributed by atoms with van der Waals surface area (Å²) in [6.45, 7) is 1.61. The van der Waals surface area contributed by atoms with Gasteiger partial charge in [-0.3, -0.25) is 4.79 Å². The van der Waals surface area contributed by atoms with Gasteiger partial charge in [-0.05, 0) is 12.1 Å². The van der Waals surface area contributed by atoms with Gasteiger partial charge in [0.1, 0.15) is 0 Å². The molecule has 0 bridgehead atoms. The number of carbonyl (C=O) groups excluding carboxylic acids is 1. The molecule has 0 N–H and O–H groups in total. The third-order valence-corrected chi connectivity index (χ3v) is 2.25. The number of nitrogens with zero attached hydrogens (tertiary/aromatic N) is 1. The highest BCUT2D eigenvalue weighted by molar-refractivity contribution is 5.93. The summed E-state index contributed by atoms with van der Waals surface area (Å²) in [6, 6.07) is 5.03. The Morgan fingerprint density at radius 1 is 1.31 bits per heavy atom. The van der Waals surface area contributed by atoms with Crippen LogP contribution in [0.5, 0.6) is 0 Å². The van der Waals surface area contributed by atoms with Gasteiger partial charge in [0.15, 0.2) is 0 Å². The maximum Gasteiger partial charge on any atom is 0.418 e. The molecule has 1 rings (SSSR count). The van der Waals surface area contributed by atoms with Crippen LogP contribution < -0.4 is 4.90 Å². The Kier molecular flexibility index (Phi) is 3.57. The Balaban J connectivity index is 3.19. The van der Waals surface area contributed by atoms with Gasteiger partial charge in [-0.2, -0.15) is 13.2 Å². The molecule has 0 fully saturated rings. The summed E-state index contributed by atoms with van der Waals surface area (Å²) in [7, 11) is 1.34. The molecule has 0 unspecified atom stereocenters. The third kappa shape index (κ3) is 2.53. The Morgan fingerprint density at radius 3 is 2.38 bits per heavy atom. The summed E-state index contributed by atoms with van der Waals surface area (Å²) in [6.07, 6.45) is -4.28. The Morgan fingerprint density at radius 2 is 1.88 bits per heavy atom. The summed E-state index contributed by atoms with van der Waals surface area (Å²) in [4.78, 5) is 12.4. The van der Waals surface area contributed by atoms with E-state index in [1.807, 2.05) is 0 Å². The van der Waals surface area contributed by atoms with Gasteiger partial charge in [0, 0.05) is 13.5 Å². The molecule has 1 amide bonds. The molecule has 88 valence electrons. The highest BCUT2D eigenvalue weighted by Gasteiger charge is 2.34. The standard InChI is InChI=1S/C11H12F3NO/c1-3-10(16)15(2)9-7-5-4-6-8(9)11(12,13)14/h4-7H,3H2,1-2H3. The number of hydrogen-bond acceptors (Lipinski definition) is 1. The molecule has 2 nitrogen and oxygen atoms in total. The zero-order valence-corrected chi connectivity index (χ0v) is 9.01. The highest BCUT2D eigenvalue weighted by atomic mass is 19.4. The SMILES string of the molecule is CCC(=O)N(C)c1ccccc1C(F)(F)F. The van der Waals surface area contributed by atoms with Crippen LogP contribution in [-0.4, -0.2) is 13.0 Å². The van der Waals surface area contributed by atoms with Crippen LogP contribution in [-0.2, 0) is 11.0 Å². The summed E-state index contributed by atoms with van der Waals surface area (Å²) in [5.41, 5.74) is -0.902. The molecule has 0 aliphatic heterocycles. The van der Waals surface area contributed by atoms with Crippen molar-refractivity contribution in [2.45, 2.75) is 19.5 Å². The first-order chi connectivity index (χ1) is 7.38. The highest BCUT2D eigenvalue weighted by Crippen LogP contribution is 2.36. The van der Waals surface area contributed by atoms with Crippen molar-refractivity contribution in [3.05, 3.63) is 29.8 Å². The van der Waals surface area contributed by atoms with Gasteiger partial charge in [-0.15, -0.1) is 0 Å². The fraction of sp³-hybridized carbons (Fsp3) is 0.364. The molecule has 0 saturated carbocycles. The first-order valence-corrected chi connectivity index (χ1v) is 4.80. The van der Waals surface area contributed by atoms with E-state index in [9.17, 15) is 18.0 Å². The molecule has 0 atom stereocenters. The van der Waals surface area contributed by atoms with E-state index >= 15 is 0 Å². The minimum atomic E-state index is -4.45. The smallest absolute Gasteiger partial charge is 0.315 e. The maximum absolute atomic E-state index is 12.6. The molecular weight excluding hydrogens is 219 g/mol. The topological polar surface area (TPSA) is 20.3 Å². The van der Waals surface area contributed by atoms with E-state index in [1.165, 1.54) is 25.2 Å². The predicted octanol–water partition coefficient (Wildman–Crippen LogP) is 3.08. The minimum Gasteiger partial charge on any atom is -0.315 e. The van der Waals surface area contributed by atoms with Crippen LogP contribution in [0.4, 0.5) is 18.9 Å². The van der Waals surface area contributed by atoms with Gasteiger partial charge in [0.25, 0.3) is 0 Å². The second-order valence-electron chi connectivity index (χ2n) is 3.32. The van der Waals surface area contributed by atoms with Crippen LogP contribution >= 0.6 is 0 Å². The molecule has 0 heterocycles. The van der Waals surface area contributed by atoms with E-state index < -0.39 is 11.7 Å². The zero-order valence-electron chi connectivity index (χ0n) is 9.01. The van der Waals surface area contributed by atoms with Crippen molar-refractivity contribution in [2.24, 2.45) is 0 Å². The summed E-state index contributed by atoms with van der Waals surface area (Å²) < 4.78 is 37.9. The molecule has 1 aromatic carbocycles. The molecule has 1 aromatic rings. The average molecular weight is 231 g/mol. The lowest BCUT2D eigenvalue weighted by Gasteiger charge is -2.21. The van der Waals surface area contributed by atoms with Gasteiger partial charge < -0.3 is 4.90 Å². The molecule has 0 aromatic heterocycles. The first kappa shape index (κ1) is 12.5. The molecule has 0 saturated heterocycles. The largest absolute Gasteiger partial charge is 0.418 e. The molecule has 0 aliphatic rings. The number of hydrogen-bond donors (Lipinski definition) is 0. The fourth-order valence-electron chi connectivity index (χ4n) is 1.38.